The molecule has 6 rings (SSSR count). The van der Waals surface area contributed by atoms with E-state index in [-0.39, 0.29) is 26.4 Å². The SMILES string of the molecule is OCc1c(CO)c(-c2ccccc2)n(CCCn2c(-c3ccccc3)c(CO)c(CO)c2-c2ccccc2)c1-c1ccccc1. The molecule has 2 heterocycles. The van der Waals surface area contributed by atoms with Crippen LogP contribution >= 0.6 is 0 Å². The van der Waals surface area contributed by atoms with Crippen LogP contribution in [0.3, 0.4) is 0 Å². The number of aliphatic hydroxyl groups excluding tert-OH is 4. The highest BCUT2D eigenvalue weighted by atomic mass is 16.3. The minimum Gasteiger partial charge on any atom is -0.392 e. The number of rotatable bonds is 12. The molecule has 0 aliphatic carbocycles. The molecule has 4 aromatic carbocycles. The summed E-state index contributed by atoms with van der Waals surface area (Å²) < 4.78 is 4.46. The minimum absolute atomic E-state index is 0.194. The van der Waals surface area contributed by atoms with E-state index in [1.54, 1.807) is 0 Å². The van der Waals surface area contributed by atoms with Crippen molar-refractivity contribution in [3.63, 3.8) is 0 Å². The Bertz CT molecular complexity index is 1580. The average molecular weight is 599 g/mol. The Hall–Kier alpha value is -4.72. The van der Waals surface area contributed by atoms with E-state index in [9.17, 15) is 20.4 Å². The lowest BCUT2D eigenvalue weighted by Crippen LogP contribution is -2.09. The molecule has 6 nitrogen and oxygen atoms in total. The summed E-state index contributed by atoms with van der Waals surface area (Å²) in [6, 6.07) is 40.1. The molecule has 0 unspecified atom stereocenters. The highest BCUT2D eigenvalue weighted by Gasteiger charge is 2.26. The van der Waals surface area contributed by atoms with Gasteiger partial charge < -0.3 is 29.6 Å². The molecule has 0 fully saturated rings. The van der Waals surface area contributed by atoms with Crippen molar-refractivity contribution in [3.8, 4) is 45.0 Å². The van der Waals surface area contributed by atoms with Gasteiger partial charge in [0.25, 0.3) is 0 Å². The van der Waals surface area contributed by atoms with Gasteiger partial charge in [-0.05, 0) is 28.7 Å². The normalized spacial score (nSPS) is 11.3. The van der Waals surface area contributed by atoms with E-state index in [0.717, 1.165) is 67.3 Å². The van der Waals surface area contributed by atoms with Gasteiger partial charge in [-0.3, -0.25) is 0 Å². The van der Waals surface area contributed by atoms with Gasteiger partial charge in [-0.1, -0.05) is 121 Å². The monoisotopic (exact) mass is 598 g/mol. The Labute approximate surface area is 263 Å². The van der Waals surface area contributed by atoms with Crippen LogP contribution < -0.4 is 0 Å². The molecular formula is C39H38N2O4. The third kappa shape index (κ3) is 5.77. The zero-order valence-electron chi connectivity index (χ0n) is 25.2. The van der Waals surface area contributed by atoms with Crippen LogP contribution in [-0.4, -0.2) is 29.6 Å². The molecule has 4 N–H and O–H groups in total. The van der Waals surface area contributed by atoms with Crippen molar-refractivity contribution in [1.29, 1.82) is 0 Å². The zero-order valence-corrected chi connectivity index (χ0v) is 25.2. The maximum absolute atomic E-state index is 10.6. The lowest BCUT2D eigenvalue weighted by molar-refractivity contribution is 0.262. The Kier molecular flexibility index (Phi) is 9.38. The molecule has 6 aromatic rings. The van der Waals surface area contributed by atoms with Crippen molar-refractivity contribution >= 4 is 0 Å². The van der Waals surface area contributed by atoms with Crippen molar-refractivity contribution in [3.05, 3.63) is 144 Å². The van der Waals surface area contributed by atoms with Crippen LogP contribution in [0.5, 0.6) is 0 Å². The first-order valence-corrected chi connectivity index (χ1v) is 15.3. The van der Waals surface area contributed by atoms with E-state index in [2.05, 4.69) is 9.13 Å². The lowest BCUT2D eigenvalue weighted by atomic mass is 10.0. The van der Waals surface area contributed by atoms with Gasteiger partial charge in [-0.25, -0.2) is 0 Å². The van der Waals surface area contributed by atoms with E-state index in [1.807, 2.05) is 121 Å². The molecule has 228 valence electrons. The average Bonchev–Trinajstić information content (AvgIpc) is 3.61. The zero-order chi connectivity index (χ0) is 31.2. The Morgan fingerprint density at radius 2 is 0.556 bits per heavy atom. The Morgan fingerprint density at radius 3 is 0.756 bits per heavy atom. The van der Waals surface area contributed by atoms with Crippen LogP contribution in [0.1, 0.15) is 28.7 Å². The molecule has 0 aliphatic rings. The third-order valence-corrected chi connectivity index (χ3v) is 8.54. The van der Waals surface area contributed by atoms with Crippen LogP contribution in [0.2, 0.25) is 0 Å². The van der Waals surface area contributed by atoms with E-state index in [1.165, 1.54) is 0 Å². The standard InChI is InChI=1S/C39H38N2O4/c42-24-32-33(25-43)37(29-16-7-2-8-17-29)40(36(32)28-14-5-1-6-15-28)22-13-23-41-38(30-18-9-3-10-19-30)34(26-44)35(27-45)39(41)31-20-11-4-12-21-31/h1-12,14-21,42-45H,13,22-27H2. The fourth-order valence-corrected chi connectivity index (χ4v) is 6.67. The van der Waals surface area contributed by atoms with Gasteiger partial charge in [-0.15, -0.1) is 0 Å². The number of nitrogens with zero attached hydrogens (tertiary/aromatic N) is 2. The van der Waals surface area contributed by atoms with Gasteiger partial charge in [-0.2, -0.15) is 0 Å². The molecule has 0 aliphatic heterocycles. The molecule has 0 saturated heterocycles. The summed E-state index contributed by atoms with van der Waals surface area (Å²) in [4.78, 5) is 0. The minimum atomic E-state index is -0.194. The van der Waals surface area contributed by atoms with Crippen molar-refractivity contribution in [1.82, 2.24) is 9.13 Å². The predicted octanol–water partition coefficient (Wildman–Crippen LogP) is 7.02. The number of benzene rings is 4. The topological polar surface area (TPSA) is 90.8 Å². The summed E-state index contributed by atoms with van der Waals surface area (Å²) >= 11 is 0. The molecule has 6 heteroatoms. The van der Waals surface area contributed by atoms with Gasteiger partial charge in [0.15, 0.2) is 0 Å². The summed E-state index contributed by atoms with van der Waals surface area (Å²) in [7, 11) is 0. The highest BCUT2D eigenvalue weighted by molar-refractivity contribution is 5.78. The molecule has 0 spiro atoms. The number of aliphatic hydroxyl groups is 4. The van der Waals surface area contributed by atoms with Crippen LogP contribution in [0.15, 0.2) is 121 Å². The summed E-state index contributed by atoms with van der Waals surface area (Å²) in [5, 5.41) is 42.5. The maximum atomic E-state index is 10.6. The molecule has 45 heavy (non-hydrogen) atoms. The predicted molar refractivity (Wildman–Crippen MR) is 179 cm³/mol. The second-order valence-corrected chi connectivity index (χ2v) is 11.1. The second-order valence-electron chi connectivity index (χ2n) is 11.1. The molecule has 0 saturated carbocycles. The fraction of sp³-hybridized carbons (Fsp3) is 0.179. The maximum Gasteiger partial charge on any atom is 0.0706 e. The van der Waals surface area contributed by atoms with Crippen molar-refractivity contribution < 1.29 is 20.4 Å². The van der Waals surface area contributed by atoms with Crippen LogP contribution in [-0.2, 0) is 39.5 Å². The van der Waals surface area contributed by atoms with Gasteiger partial charge in [0.05, 0.1) is 49.2 Å². The first kappa shape index (κ1) is 30.3. The van der Waals surface area contributed by atoms with Gasteiger partial charge in [0, 0.05) is 35.3 Å². The highest BCUT2D eigenvalue weighted by Crippen LogP contribution is 2.40. The Morgan fingerprint density at radius 1 is 0.333 bits per heavy atom. The third-order valence-electron chi connectivity index (χ3n) is 8.54. The van der Waals surface area contributed by atoms with Crippen LogP contribution in [0.4, 0.5) is 0 Å². The van der Waals surface area contributed by atoms with Crippen LogP contribution in [0.25, 0.3) is 45.0 Å². The smallest absolute Gasteiger partial charge is 0.0706 e. The fourth-order valence-electron chi connectivity index (χ4n) is 6.67. The summed E-state index contributed by atoms with van der Waals surface area (Å²) in [5.74, 6) is 0. The summed E-state index contributed by atoms with van der Waals surface area (Å²) in [6.45, 7) is 0.429. The molecule has 0 bridgehead atoms. The van der Waals surface area contributed by atoms with Gasteiger partial charge in [0.2, 0.25) is 0 Å². The van der Waals surface area contributed by atoms with Gasteiger partial charge in [0.1, 0.15) is 0 Å². The second kappa shape index (κ2) is 13.9. The lowest BCUT2D eigenvalue weighted by Gasteiger charge is -2.18. The number of aromatic nitrogens is 2. The number of hydrogen-bond acceptors (Lipinski definition) is 4. The van der Waals surface area contributed by atoms with E-state index in [4.69, 9.17) is 0 Å². The first-order valence-electron chi connectivity index (χ1n) is 15.3. The summed E-state index contributed by atoms with van der Waals surface area (Å²) in [6.07, 6.45) is 0.703. The van der Waals surface area contributed by atoms with E-state index >= 15 is 0 Å². The quantitative estimate of drug-likeness (QED) is 0.122. The molecule has 2 aromatic heterocycles. The molecular weight excluding hydrogens is 560 g/mol. The Balaban J connectivity index is 1.50. The van der Waals surface area contributed by atoms with Crippen molar-refractivity contribution in [2.75, 3.05) is 0 Å². The molecule has 0 atom stereocenters. The first-order chi connectivity index (χ1) is 22.2. The number of hydrogen-bond donors (Lipinski definition) is 4. The molecule has 0 amide bonds. The summed E-state index contributed by atoms with van der Waals surface area (Å²) in [5.41, 5.74) is 10.4. The van der Waals surface area contributed by atoms with Crippen LogP contribution in [0, 0.1) is 0 Å². The van der Waals surface area contributed by atoms with E-state index in [0.29, 0.717) is 19.5 Å². The van der Waals surface area contributed by atoms with Gasteiger partial charge >= 0.3 is 0 Å². The largest absolute Gasteiger partial charge is 0.392 e. The van der Waals surface area contributed by atoms with Crippen molar-refractivity contribution in [2.45, 2.75) is 45.9 Å². The van der Waals surface area contributed by atoms with E-state index < -0.39 is 0 Å². The molecule has 0 radical (unpaired) electrons. The van der Waals surface area contributed by atoms with Crippen molar-refractivity contribution in [2.24, 2.45) is 0 Å².